The van der Waals surface area contributed by atoms with Crippen LogP contribution in [0.1, 0.15) is 27.7 Å². The van der Waals surface area contributed by atoms with Crippen molar-refractivity contribution in [2.45, 2.75) is 32.4 Å². The molecular formula is C7H15O3SY3-. The molecule has 3 radical (unpaired) electrons. The Balaban J connectivity index is -0.000000167. The molecule has 0 heterocycles. The smallest absolute Gasteiger partial charge is 0.244 e. The van der Waals surface area contributed by atoms with Gasteiger partial charge in [-0.25, -0.2) is 8.42 Å². The monoisotopic (exact) mass is 446 g/mol. The summed E-state index contributed by atoms with van der Waals surface area (Å²) in [5.74, 6) is 0.819. The Hall–Kier alpha value is 3.22. The molecule has 7 heteroatoms. The molecular weight excluding hydrogens is 431 g/mol. The van der Waals surface area contributed by atoms with Crippen LogP contribution in [0.3, 0.4) is 0 Å². The van der Waals surface area contributed by atoms with E-state index in [4.69, 9.17) is 0 Å². The Morgan fingerprint density at radius 1 is 1.07 bits per heavy atom. The summed E-state index contributed by atoms with van der Waals surface area (Å²) in [5.41, 5.74) is 0. The topological polar surface area (TPSA) is 43.4 Å². The van der Waals surface area contributed by atoms with Gasteiger partial charge >= 0.3 is 0 Å². The minimum atomic E-state index is -3.43. The molecule has 0 saturated heterocycles. The fourth-order valence-electron chi connectivity index (χ4n) is 0.458. The SMILES string of the molecule is COS(=O)(=O)C(C)(C)[C-](C)C.[Y].[Y].[Y]. The number of hydrogen-bond acceptors (Lipinski definition) is 3. The molecule has 0 aliphatic carbocycles. The first kappa shape index (κ1) is 25.9. The van der Waals surface area contributed by atoms with Crippen LogP contribution in [0.5, 0.6) is 0 Å². The van der Waals surface area contributed by atoms with Crippen LogP contribution in [0.25, 0.3) is 0 Å². The number of hydrogen-bond donors (Lipinski definition) is 0. The van der Waals surface area contributed by atoms with Crippen molar-refractivity contribution in [2.75, 3.05) is 7.11 Å². The van der Waals surface area contributed by atoms with Crippen LogP contribution >= 0.6 is 0 Å². The van der Waals surface area contributed by atoms with Gasteiger partial charge < -0.3 is 0 Å². The van der Waals surface area contributed by atoms with Crippen LogP contribution in [0.4, 0.5) is 0 Å². The Morgan fingerprint density at radius 2 is 1.36 bits per heavy atom. The predicted molar refractivity (Wildman–Crippen MR) is 44.6 cm³/mol. The summed E-state index contributed by atoms with van der Waals surface area (Å²) in [6.45, 7) is 6.80. The zero-order valence-corrected chi connectivity index (χ0v) is 18.7. The Morgan fingerprint density at radius 3 is 1.43 bits per heavy atom. The van der Waals surface area contributed by atoms with Gasteiger partial charge in [0.1, 0.15) is 0 Å². The van der Waals surface area contributed by atoms with Crippen molar-refractivity contribution in [2.24, 2.45) is 0 Å². The summed E-state index contributed by atoms with van der Waals surface area (Å²) in [7, 11) is -2.25. The molecule has 0 aromatic rings. The zero-order chi connectivity index (χ0) is 9.28. The molecule has 0 fully saturated rings. The maximum absolute atomic E-state index is 11.2. The van der Waals surface area contributed by atoms with Crippen LogP contribution in [-0.4, -0.2) is 20.3 Å². The standard InChI is InChI=1S/C7H15O3S.3Y/c1-6(2)7(3,4)11(8,9)10-5;;;/h1-5H3;;;/q-1;;;. The Labute approximate surface area is 163 Å². The summed E-state index contributed by atoms with van der Waals surface area (Å²) in [6.07, 6.45) is 0. The third-order valence-electron chi connectivity index (χ3n) is 2.05. The van der Waals surface area contributed by atoms with Crippen molar-refractivity contribution >= 4 is 10.1 Å². The largest absolute Gasteiger partial charge is 0.297 e. The molecule has 0 N–H and O–H groups in total. The summed E-state index contributed by atoms with van der Waals surface area (Å²) < 4.78 is 26.0. The molecule has 77 valence electrons. The molecule has 0 aliphatic heterocycles. The van der Waals surface area contributed by atoms with Crippen LogP contribution < -0.4 is 0 Å². The summed E-state index contributed by atoms with van der Waals surface area (Å²) in [4.78, 5) is 0. The maximum Gasteiger partial charge on any atom is 0.244 e. The third kappa shape index (κ3) is 6.84. The molecule has 0 aliphatic rings. The van der Waals surface area contributed by atoms with E-state index in [1.165, 1.54) is 7.11 Å². The first-order valence-electron chi connectivity index (χ1n) is 3.36. The molecule has 0 saturated carbocycles. The Kier molecular flexibility index (Phi) is 18.8. The van der Waals surface area contributed by atoms with Crippen LogP contribution in [0.2, 0.25) is 0 Å². The normalized spacial score (nSPS) is 11.0. The first-order valence-corrected chi connectivity index (χ1v) is 4.77. The van der Waals surface area contributed by atoms with Crippen molar-refractivity contribution in [3.05, 3.63) is 5.92 Å². The molecule has 0 spiro atoms. The minimum absolute atomic E-state index is 0. The average molecular weight is 446 g/mol. The van der Waals surface area contributed by atoms with E-state index < -0.39 is 14.9 Å². The van der Waals surface area contributed by atoms with Crippen molar-refractivity contribution < 1.29 is 111 Å². The molecule has 0 unspecified atom stereocenters. The summed E-state index contributed by atoms with van der Waals surface area (Å²) in [5, 5.41) is 0. The fraction of sp³-hybridized carbons (Fsp3) is 0.857. The number of rotatable bonds is 3. The fourth-order valence-corrected chi connectivity index (χ4v) is 1.38. The van der Waals surface area contributed by atoms with E-state index in [9.17, 15) is 8.42 Å². The maximum atomic E-state index is 11.2. The van der Waals surface area contributed by atoms with Gasteiger partial charge in [-0.3, -0.25) is 10.1 Å². The van der Waals surface area contributed by atoms with Gasteiger partial charge in [-0.05, 0) is 4.75 Å². The van der Waals surface area contributed by atoms with Crippen LogP contribution in [-0.2, 0) is 112 Å². The van der Waals surface area contributed by atoms with E-state index in [0.29, 0.717) is 0 Å². The molecule has 0 atom stereocenters. The average Bonchev–Trinajstić information content (AvgIpc) is 1.87. The quantitative estimate of drug-likeness (QED) is 0.486. The van der Waals surface area contributed by atoms with E-state index in [1.807, 2.05) is 0 Å². The molecule has 3 nitrogen and oxygen atoms in total. The minimum Gasteiger partial charge on any atom is -0.297 e. The Bertz CT molecular complexity index is 224. The van der Waals surface area contributed by atoms with Gasteiger partial charge in [-0.15, -0.1) is 0 Å². The van der Waals surface area contributed by atoms with E-state index >= 15 is 0 Å². The van der Waals surface area contributed by atoms with Crippen molar-refractivity contribution in [1.82, 2.24) is 0 Å². The third-order valence-corrected chi connectivity index (χ3v) is 4.15. The van der Waals surface area contributed by atoms with Crippen LogP contribution in [0.15, 0.2) is 0 Å². The van der Waals surface area contributed by atoms with Crippen molar-refractivity contribution in [3.8, 4) is 0 Å². The van der Waals surface area contributed by atoms with Gasteiger partial charge in [0.25, 0.3) is 0 Å². The molecule has 0 aromatic heterocycles. The van der Waals surface area contributed by atoms with E-state index in [0.717, 1.165) is 5.92 Å². The second-order valence-electron chi connectivity index (χ2n) is 3.13. The molecule has 0 aromatic carbocycles. The molecule has 0 amide bonds. The summed E-state index contributed by atoms with van der Waals surface area (Å²) in [6, 6.07) is 0. The van der Waals surface area contributed by atoms with Gasteiger partial charge in [-0.2, -0.15) is 13.8 Å². The van der Waals surface area contributed by atoms with Crippen molar-refractivity contribution in [1.29, 1.82) is 0 Å². The second kappa shape index (κ2) is 10.2. The zero-order valence-electron chi connectivity index (χ0n) is 9.37. The van der Waals surface area contributed by atoms with E-state index in [-0.39, 0.29) is 98.1 Å². The molecule has 0 bridgehead atoms. The van der Waals surface area contributed by atoms with Gasteiger partial charge in [0.2, 0.25) is 10.1 Å². The van der Waals surface area contributed by atoms with Crippen molar-refractivity contribution in [3.63, 3.8) is 0 Å². The predicted octanol–water partition coefficient (Wildman–Crippen LogP) is 1.35. The van der Waals surface area contributed by atoms with Crippen LogP contribution in [0, 0.1) is 5.92 Å². The van der Waals surface area contributed by atoms with Gasteiger partial charge in [0, 0.05) is 98.1 Å². The molecule has 14 heavy (non-hydrogen) atoms. The van der Waals surface area contributed by atoms with Gasteiger partial charge in [0.05, 0.1) is 7.11 Å². The first-order chi connectivity index (χ1) is 4.75. The van der Waals surface area contributed by atoms with Gasteiger partial charge in [-0.1, -0.05) is 13.8 Å². The second-order valence-corrected chi connectivity index (χ2v) is 5.39. The van der Waals surface area contributed by atoms with E-state index in [1.54, 1.807) is 27.7 Å². The van der Waals surface area contributed by atoms with Gasteiger partial charge in [0.15, 0.2) is 0 Å². The summed E-state index contributed by atoms with van der Waals surface area (Å²) >= 11 is 0. The van der Waals surface area contributed by atoms with E-state index in [2.05, 4.69) is 4.18 Å². The molecule has 0 rings (SSSR count).